The quantitative estimate of drug-likeness (QED) is 0.578. The summed E-state index contributed by atoms with van der Waals surface area (Å²) in [5.41, 5.74) is 3.16. The summed E-state index contributed by atoms with van der Waals surface area (Å²) in [4.78, 5) is 0. The minimum atomic E-state index is 1.30. The van der Waals surface area contributed by atoms with Gasteiger partial charge in [-0.15, -0.1) is 0 Å². The number of aryl methyl sites for hydroxylation is 2. The zero-order valence-electron chi connectivity index (χ0n) is 10.4. The molecule has 0 spiro atoms. The zero-order chi connectivity index (χ0) is 11.1. The molecule has 2 aliphatic carbocycles. The van der Waals surface area contributed by atoms with Gasteiger partial charge in [-0.2, -0.15) is 0 Å². The molecule has 1 saturated carbocycles. The Balaban J connectivity index is 0.000000138. The molecule has 1 aromatic rings. The van der Waals surface area contributed by atoms with Gasteiger partial charge < -0.3 is 0 Å². The smallest absolute Gasteiger partial charge is 0.0276 e. The predicted molar refractivity (Wildman–Crippen MR) is 70.8 cm³/mol. The molecule has 0 amide bonds. The average Bonchev–Trinajstić information content (AvgIpc) is 2.42. The van der Waals surface area contributed by atoms with Crippen LogP contribution in [0.2, 0.25) is 0 Å². The molecule has 1 fully saturated rings. The molecule has 0 saturated heterocycles. The van der Waals surface area contributed by atoms with Crippen LogP contribution in [0.4, 0.5) is 0 Å². The lowest BCUT2D eigenvalue weighted by molar-refractivity contribution is 0.504. The van der Waals surface area contributed by atoms with Crippen LogP contribution in [-0.2, 0) is 12.8 Å². The van der Waals surface area contributed by atoms with Crippen LogP contribution in [0.1, 0.15) is 62.5 Å². The largest absolute Gasteiger partial charge is 0.0620 e. The van der Waals surface area contributed by atoms with Crippen molar-refractivity contribution in [1.82, 2.24) is 0 Å². The average molecular weight is 216 g/mol. The van der Waals surface area contributed by atoms with Crippen LogP contribution >= 0.6 is 0 Å². The molecule has 0 heterocycles. The SMILES string of the molecule is C1CCCCC1.c1ccc2c(c1)CCCC2. The Morgan fingerprint density at radius 2 is 0.875 bits per heavy atom. The monoisotopic (exact) mass is 216 g/mol. The third-order valence-corrected chi connectivity index (χ3v) is 3.76. The molecule has 0 aromatic heterocycles. The minimum Gasteiger partial charge on any atom is -0.0620 e. The molecule has 0 N–H and O–H groups in total. The van der Waals surface area contributed by atoms with Crippen LogP contribution in [0.25, 0.3) is 0 Å². The van der Waals surface area contributed by atoms with Crippen molar-refractivity contribution in [1.29, 1.82) is 0 Å². The zero-order valence-corrected chi connectivity index (χ0v) is 10.4. The number of fused-ring (bicyclic) bond motifs is 1. The van der Waals surface area contributed by atoms with Crippen molar-refractivity contribution in [3.05, 3.63) is 35.4 Å². The van der Waals surface area contributed by atoms with E-state index in [0.29, 0.717) is 0 Å². The van der Waals surface area contributed by atoms with Gasteiger partial charge in [0.25, 0.3) is 0 Å². The Kier molecular flexibility index (Phi) is 4.92. The van der Waals surface area contributed by atoms with Crippen molar-refractivity contribution in [2.24, 2.45) is 0 Å². The highest BCUT2D eigenvalue weighted by Gasteiger charge is 2.05. The van der Waals surface area contributed by atoms with E-state index in [0.717, 1.165) is 0 Å². The van der Waals surface area contributed by atoms with Gasteiger partial charge in [-0.1, -0.05) is 62.8 Å². The molecule has 0 nitrogen and oxygen atoms in total. The van der Waals surface area contributed by atoms with E-state index in [1.165, 1.54) is 64.2 Å². The molecule has 0 atom stereocenters. The molecule has 0 bridgehead atoms. The summed E-state index contributed by atoms with van der Waals surface area (Å²) in [6.07, 6.45) is 14.4. The Morgan fingerprint density at radius 3 is 1.25 bits per heavy atom. The summed E-state index contributed by atoms with van der Waals surface area (Å²) in [6, 6.07) is 8.80. The molecule has 0 heteroatoms. The molecule has 88 valence electrons. The van der Waals surface area contributed by atoms with E-state index in [1.54, 1.807) is 11.1 Å². The summed E-state index contributed by atoms with van der Waals surface area (Å²) in [7, 11) is 0. The van der Waals surface area contributed by atoms with E-state index in [1.807, 2.05) is 0 Å². The van der Waals surface area contributed by atoms with Gasteiger partial charge in [0.2, 0.25) is 0 Å². The van der Waals surface area contributed by atoms with Crippen molar-refractivity contribution in [3.63, 3.8) is 0 Å². The lowest BCUT2D eigenvalue weighted by Gasteiger charge is -2.13. The fourth-order valence-electron chi connectivity index (χ4n) is 2.74. The van der Waals surface area contributed by atoms with Gasteiger partial charge in [0.15, 0.2) is 0 Å². The molecule has 0 unspecified atom stereocenters. The fraction of sp³-hybridized carbons (Fsp3) is 0.625. The van der Waals surface area contributed by atoms with E-state index in [2.05, 4.69) is 24.3 Å². The first-order chi connectivity index (χ1) is 7.97. The number of hydrogen-bond acceptors (Lipinski definition) is 0. The molecule has 16 heavy (non-hydrogen) atoms. The molecule has 1 aromatic carbocycles. The van der Waals surface area contributed by atoms with Crippen molar-refractivity contribution in [2.45, 2.75) is 64.2 Å². The van der Waals surface area contributed by atoms with E-state index < -0.39 is 0 Å². The van der Waals surface area contributed by atoms with Crippen LogP contribution < -0.4 is 0 Å². The Morgan fingerprint density at radius 1 is 0.500 bits per heavy atom. The van der Waals surface area contributed by atoms with Crippen LogP contribution in [0, 0.1) is 0 Å². The lowest BCUT2D eigenvalue weighted by atomic mass is 9.92. The molecular weight excluding hydrogens is 192 g/mol. The maximum absolute atomic E-state index is 2.26. The standard InChI is InChI=1S/C10H12.C6H12/c1-2-6-10-8-4-3-7-9(10)5-1;1-2-4-6-5-3-1/h1-2,5-6H,3-4,7-8H2;1-6H2. The minimum absolute atomic E-state index is 1.30. The molecule has 0 radical (unpaired) electrons. The van der Waals surface area contributed by atoms with Crippen molar-refractivity contribution >= 4 is 0 Å². The molecule has 0 aliphatic heterocycles. The lowest BCUT2D eigenvalue weighted by Crippen LogP contribution is -2.00. The first kappa shape index (κ1) is 11.7. The second-order valence-electron chi connectivity index (χ2n) is 5.10. The number of rotatable bonds is 0. The Hall–Kier alpha value is -0.780. The number of hydrogen-bond donors (Lipinski definition) is 0. The second-order valence-corrected chi connectivity index (χ2v) is 5.10. The Labute approximate surface area is 100 Å². The molecule has 2 aliphatic rings. The summed E-state index contributed by atoms with van der Waals surface area (Å²) in [5, 5.41) is 0. The second kappa shape index (κ2) is 6.73. The van der Waals surface area contributed by atoms with Gasteiger partial charge >= 0.3 is 0 Å². The third-order valence-electron chi connectivity index (χ3n) is 3.76. The van der Waals surface area contributed by atoms with Crippen molar-refractivity contribution in [2.75, 3.05) is 0 Å². The maximum atomic E-state index is 2.26. The highest BCUT2D eigenvalue weighted by atomic mass is 14.1. The normalized spacial score (nSPS) is 19.2. The Bertz CT molecular complexity index is 260. The first-order valence-electron chi connectivity index (χ1n) is 7.03. The van der Waals surface area contributed by atoms with Gasteiger partial charge in [0.1, 0.15) is 0 Å². The summed E-state index contributed by atoms with van der Waals surface area (Å²) in [5.74, 6) is 0. The molecule has 3 rings (SSSR count). The third kappa shape index (κ3) is 3.66. The topological polar surface area (TPSA) is 0 Å². The van der Waals surface area contributed by atoms with Crippen LogP contribution in [0.5, 0.6) is 0 Å². The van der Waals surface area contributed by atoms with Crippen molar-refractivity contribution in [3.8, 4) is 0 Å². The number of benzene rings is 1. The summed E-state index contributed by atoms with van der Waals surface area (Å²) in [6.45, 7) is 0. The van der Waals surface area contributed by atoms with Crippen LogP contribution in [0.3, 0.4) is 0 Å². The van der Waals surface area contributed by atoms with E-state index in [4.69, 9.17) is 0 Å². The van der Waals surface area contributed by atoms with E-state index in [-0.39, 0.29) is 0 Å². The van der Waals surface area contributed by atoms with E-state index >= 15 is 0 Å². The van der Waals surface area contributed by atoms with Crippen molar-refractivity contribution < 1.29 is 0 Å². The van der Waals surface area contributed by atoms with Crippen LogP contribution in [0.15, 0.2) is 24.3 Å². The van der Waals surface area contributed by atoms with Gasteiger partial charge in [-0.3, -0.25) is 0 Å². The van der Waals surface area contributed by atoms with E-state index in [9.17, 15) is 0 Å². The highest BCUT2D eigenvalue weighted by molar-refractivity contribution is 5.28. The van der Waals surface area contributed by atoms with Gasteiger partial charge in [0, 0.05) is 0 Å². The summed E-state index contributed by atoms with van der Waals surface area (Å²) < 4.78 is 0. The van der Waals surface area contributed by atoms with Gasteiger partial charge in [0.05, 0.1) is 0 Å². The predicted octanol–water partition coefficient (Wildman–Crippen LogP) is 4.91. The first-order valence-corrected chi connectivity index (χ1v) is 7.03. The van der Waals surface area contributed by atoms with Gasteiger partial charge in [-0.05, 0) is 36.8 Å². The highest BCUT2D eigenvalue weighted by Crippen LogP contribution is 2.19. The maximum Gasteiger partial charge on any atom is -0.0276 e. The summed E-state index contributed by atoms with van der Waals surface area (Å²) >= 11 is 0. The molecular formula is C16H24. The fourth-order valence-corrected chi connectivity index (χ4v) is 2.74. The van der Waals surface area contributed by atoms with Gasteiger partial charge in [-0.25, -0.2) is 0 Å². The van der Waals surface area contributed by atoms with Crippen LogP contribution in [-0.4, -0.2) is 0 Å².